The van der Waals surface area contributed by atoms with Crippen molar-refractivity contribution in [1.82, 2.24) is 10.3 Å². The molecule has 1 unspecified atom stereocenters. The minimum Gasteiger partial charge on any atom is -0.308 e. The molecule has 1 aliphatic carbocycles. The molecule has 0 spiro atoms. The van der Waals surface area contributed by atoms with E-state index in [2.05, 4.69) is 29.5 Å². The zero-order valence-electron chi connectivity index (χ0n) is 12.9. The topological polar surface area (TPSA) is 45.2 Å². The highest BCUT2D eigenvalue weighted by molar-refractivity contribution is 7.14. The molecule has 0 saturated heterocycles. The van der Waals surface area contributed by atoms with Gasteiger partial charge in [0, 0.05) is 31.4 Å². The van der Waals surface area contributed by atoms with Crippen molar-refractivity contribution in [3.8, 4) is 0 Å². The van der Waals surface area contributed by atoms with Crippen LogP contribution in [0.15, 0.2) is 5.38 Å². The van der Waals surface area contributed by atoms with Crippen LogP contribution in [0.5, 0.6) is 0 Å². The molecule has 1 aliphatic rings. The number of nitrogens with zero attached hydrogens (tertiary/aromatic N) is 2. The number of hydrogen-bond acceptors (Lipinski definition) is 4. The molecule has 4 nitrogen and oxygen atoms in total. The van der Waals surface area contributed by atoms with Crippen molar-refractivity contribution in [2.75, 3.05) is 11.4 Å². The van der Waals surface area contributed by atoms with E-state index in [1.54, 1.807) is 23.2 Å². The van der Waals surface area contributed by atoms with Crippen LogP contribution in [0.3, 0.4) is 0 Å². The van der Waals surface area contributed by atoms with Crippen LogP contribution in [0.2, 0.25) is 0 Å². The molecule has 0 radical (unpaired) electrons. The Balaban J connectivity index is 1.95. The molecule has 1 aromatic heterocycles. The number of amides is 1. The van der Waals surface area contributed by atoms with Crippen LogP contribution in [-0.4, -0.2) is 23.5 Å². The van der Waals surface area contributed by atoms with Gasteiger partial charge >= 0.3 is 0 Å². The van der Waals surface area contributed by atoms with Crippen molar-refractivity contribution in [2.45, 2.75) is 59.5 Å². The lowest BCUT2D eigenvalue weighted by Gasteiger charge is -2.27. The fourth-order valence-electron chi connectivity index (χ4n) is 2.93. The standard InChI is InChI=1S/C15H25N3OS/c1-5-18(11(2)19)14-17-12(10-20-14)9-16-13-7-6-8-15(13,3)4/h10,13,16H,5-9H2,1-4H3. The molecule has 0 bridgehead atoms. The molecule has 1 saturated carbocycles. The monoisotopic (exact) mass is 295 g/mol. The van der Waals surface area contributed by atoms with Crippen LogP contribution in [0.1, 0.15) is 52.7 Å². The molecular formula is C15H25N3OS. The third-order valence-corrected chi connectivity index (χ3v) is 5.17. The summed E-state index contributed by atoms with van der Waals surface area (Å²) in [5.74, 6) is 0.0540. The molecule has 5 heteroatoms. The van der Waals surface area contributed by atoms with E-state index in [0.717, 1.165) is 17.4 Å². The number of aromatic nitrogens is 1. The number of thiazole rings is 1. The lowest BCUT2D eigenvalue weighted by molar-refractivity contribution is -0.116. The Bertz CT molecular complexity index is 469. The third kappa shape index (κ3) is 3.38. The molecule has 1 fully saturated rings. The Morgan fingerprint density at radius 2 is 2.35 bits per heavy atom. The van der Waals surface area contributed by atoms with Gasteiger partial charge in [-0.25, -0.2) is 4.98 Å². The first-order chi connectivity index (χ1) is 9.44. The van der Waals surface area contributed by atoms with Crippen LogP contribution in [0.25, 0.3) is 0 Å². The molecular weight excluding hydrogens is 270 g/mol. The van der Waals surface area contributed by atoms with Crippen molar-refractivity contribution >= 4 is 22.4 Å². The first kappa shape index (κ1) is 15.4. The van der Waals surface area contributed by atoms with Crippen molar-refractivity contribution < 1.29 is 4.79 Å². The summed E-state index contributed by atoms with van der Waals surface area (Å²) in [6, 6.07) is 0.572. The van der Waals surface area contributed by atoms with Crippen LogP contribution in [-0.2, 0) is 11.3 Å². The van der Waals surface area contributed by atoms with Gasteiger partial charge in [0.25, 0.3) is 0 Å². The first-order valence-electron chi connectivity index (χ1n) is 7.40. The zero-order valence-corrected chi connectivity index (χ0v) is 13.7. The Kier molecular flexibility index (Phi) is 4.81. The Morgan fingerprint density at radius 3 is 2.90 bits per heavy atom. The predicted molar refractivity (Wildman–Crippen MR) is 84.1 cm³/mol. The summed E-state index contributed by atoms with van der Waals surface area (Å²) in [7, 11) is 0. The molecule has 0 aromatic carbocycles. The SMILES string of the molecule is CCN(C(C)=O)c1nc(CNC2CCCC2(C)C)cs1. The summed E-state index contributed by atoms with van der Waals surface area (Å²) in [6.45, 7) is 9.69. The number of hydrogen-bond donors (Lipinski definition) is 1. The van der Waals surface area contributed by atoms with Crippen LogP contribution in [0.4, 0.5) is 5.13 Å². The average Bonchev–Trinajstić information content (AvgIpc) is 2.94. The van der Waals surface area contributed by atoms with E-state index in [1.165, 1.54) is 19.3 Å². The summed E-state index contributed by atoms with van der Waals surface area (Å²) in [4.78, 5) is 17.8. The highest BCUT2D eigenvalue weighted by Gasteiger charge is 2.33. The van der Waals surface area contributed by atoms with E-state index in [9.17, 15) is 4.79 Å². The predicted octanol–water partition coefficient (Wildman–Crippen LogP) is 3.18. The lowest BCUT2D eigenvalue weighted by atomic mass is 9.87. The quantitative estimate of drug-likeness (QED) is 0.907. The minimum atomic E-state index is 0.0540. The summed E-state index contributed by atoms with van der Waals surface area (Å²) in [6.07, 6.45) is 3.85. The van der Waals surface area contributed by atoms with Gasteiger partial charge in [-0.1, -0.05) is 20.3 Å². The number of anilines is 1. The minimum absolute atomic E-state index is 0.0540. The number of carbonyl (C=O) groups is 1. The van der Waals surface area contributed by atoms with Gasteiger partial charge < -0.3 is 5.32 Å². The van der Waals surface area contributed by atoms with Gasteiger partial charge in [-0.05, 0) is 25.2 Å². The maximum atomic E-state index is 11.5. The second-order valence-corrected chi connectivity index (χ2v) is 7.04. The summed E-state index contributed by atoms with van der Waals surface area (Å²) < 4.78 is 0. The lowest BCUT2D eigenvalue weighted by Crippen LogP contribution is -2.37. The smallest absolute Gasteiger partial charge is 0.225 e. The van der Waals surface area contributed by atoms with E-state index in [4.69, 9.17) is 0 Å². The molecule has 1 aromatic rings. The largest absolute Gasteiger partial charge is 0.308 e. The molecule has 1 amide bonds. The van der Waals surface area contributed by atoms with Gasteiger partial charge in [-0.3, -0.25) is 9.69 Å². The van der Waals surface area contributed by atoms with Gasteiger partial charge in [0.1, 0.15) is 0 Å². The van der Waals surface area contributed by atoms with Crippen molar-refractivity contribution in [1.29, 1.82) is 0 Å². The molecule has 112 valence electrons. The summed E-state index contributed by atoms with van der Waals surface area (Å²) in [5, 5.41) is 6.49. The van der Waals surface area contributed by atoms with Crippen LogP contribution in [0, 0.1) is 5.41 Å². The van der Waals surface area contributed by atoms with Gasteiger partial charge in [-0.2, -0.15) is 0 Å². The van der Waals surface area contributed by atoms with Crippen molar-refractivity contribution in [3.05, 3.63) is 11.1 Å². The molecule has 20 heavy (non-hydrogen) atoms. The average molecular weight is 295 g/mol. The second kappa shape index (κ2) is 6.22. The fraction of sp³-hybridized carbons (Fsp3) is 0.733. The first-order valence-corrected chi connectivity index (χ1v) is 8.28. The van der Waals surface area contributed by atoms with Crippen LogP contribution >= 0.6 is 11.3 Å². The Labute approximate surface area is 125 Å². The fourth-order valence-corrected chi connectivity index (χ4v) is 3.86. The van der Waals surface area contributed by atoms with E-state index in [1.807, 2.05) is 6.92 Å². The maximum Gasteiger partial charge on any atom is 0.225 e. The van der Waals surface area contributed by atoms with Gasteiger partial charge in [-0.15, -0.1) is 11.3 Å². The summed E-state index contributed by atoms with van der Waals surface area (Å²) in [5.41, 5.74) is 1.42. The maximum absolute atomic E-state index is 11.5. The molecule has 1 atom stereocenters. The van der Waals surface area contributed by atoms with E-state index in [-0.39, 0.29) is 5.91 Å². The third-order valence-electron chi connectivity index (χ3n) is 4.25. The van der Waals surface area contributed by atoms with E-state index >= 15 is 0 Å². The summed E-state index contributed by atoms with van der Waals surface area (Å²) >= 11 is 1.55. The molecule has 1 N–H and O–H groups in total. The number of rotatable bonds is 5. The second-order valence-electron chi connectivity index (χ2n) is 6.20. The van der Waals surface area contributed by atoms with Crippen molar-refractivity contribution in [2.24, 2.45) is 5.41 Å². The number of nitrogens with one attached hydrogen (secondary N) is 1. The van der Waals surface area contributed by atoms with Gasteiger partial charge in [0.05, 0.1) is 5.69 Å². The van der Waals surface area contributed by atoms with Crippen molar-refractivity contribution in [3.63, 3.8) is 0 Å². The molecule has 2 rings (SSSR count). The Morgan fingerprint density at radius 1 is 1.60 bits per heavy atom. The molecule has 0 aliphatic heterocycles. The normalized spacial score (nSPS) is 21.1. The highest BCUT2D eigenvalue weighted by atomic mass is 32.1. The van der Waals surface area contributed by atoms with Crippen LogP contribution < -0.4 is 10.2 Å². The van der Waals surface area contributed by atoms with Gasteiger partial charge in [0.2, 0.25) is 5.91 Å². The van der Waals surface area contributed by atoms with Gasteiger partial charge in [0.15, 0.2) is 5.13 Å². The molecule has 1 heterocycles. The van der Waals surface area contributed by atoms with E-state index < -0.39 is 0 Å². The number of carbonyl (C=O) groups excluding carboxylic acids is 1. The zero-order chi connectivity index (χ0) is 14.8. The highest BCUT2D eigenvalue weighted by Crippen LogP contribution is 2.37. The Hall–Kier alpha value is -0.940. The van der Waals surface area contributed by atoms with E-state index in [0.29, 0.717) is 18.0 Å².